The molecule has 3 heterocycles. The summed E-state index contributed by atoms with van der Waals surface area (Å²) < 4.78 is 5.41. The van der Waals surface area contributed by atoms with Crippen molar-refractivity contribution in [2.75, 3.05) is 19.0 Å². The van der Waals surface area contributed by atoms with Crippen LogP contribution in [0.4, 0.5) is 5.82 Å². The Morgan fingerprint density at radius 1 is 1.43 bits per heavy atom. The molecule has 2 atom stereocenters. The van der Waals surface area contributed by atoms with Crippen LogP contribution in [0.3, 0.4) is 0 Å². The lowest BCUT2D eigenvalue weighted by molar-refractivity contribution is -0.129. The van der Waals surface area contributed by atoms with Crippen molar-refractivity contribution in [3.63, 3.8) is 0 Å². The number of H-pyrrole nitrogens is 1. The van der Waals surface area contributed by atoms with E-state index in [2.05, 4.69) is 40.0 Å². The van der Waals surface area contributed by atoms with Crippen LogP contribution >= 0.6 is 0 Å². The number of carbonyl (C=O) groups excluding carboxylic acids is 1. The highest BCUT2D eigenvalue weighted by Crippen LogP contribution is 2.35. The first-order valence-electron chi connectivity index (χ1n) is 10.1. The quantitative estimate of drug-likeness (QED) is 0.750. The summed E-state index contributed by atoms with van der Waals surface area (Å²) in [5, 5.41) is 4.66. The molecular formula is C21H29N5O2. The minimum atomic E-state index is -0.00755. The lowest BCUT2D eigenvalue weighted by Crippen LogP contribution is -2.49. The van der Waals surface area contributed by atoms with Crippen molar-refractivity contribution in [2.24, 2.45) is 5.92 Å². The van der Waals surface area contributed by atoms with Crippen molar-refractivity contribution in [1.29, 1.82) is 0 Å². The molecule has 2 aliphatic rings. The Morgan fingerprint density at radius 2 is 2.25 bits per heavy atom. The normalized spacial score (nSPS) is 27.4. The number of carbonyl (C=O) groups is 1. The van der Waals surface area contributed by atoms with Gasteiger partial charge in [-0.25, -0.2) is 9.97 Å². The molecule has 0 unspecified atom stereocenters. The van der Waals surface area contributed by atoms with Gasteiger partial charge in [0, 0.05) is 31.9 Å². The number of aromatic amines is 1. The van der Waals surface area contributed by atoms with E-state index in [9.17, 15) is 4.79 Å². The minimum Gasteiger partial charge on any atom is -0.381 e. The van der Waals surface area contributed by atoms with E-state index in [1.54, 1.807) is 13.4 Å². The van der Waals surface area contributed by atoms with E-state index < -0.39 is 0 Å². The van der Waals surface area contributed by atoms with Crippen molar-refractivity contribution in [1.82, 2.24) is 19.9 Å². The Kier molecular flexibility index (Phi) is 5.35. The van der Waals surface area contributed by atoms with Crippen LogP contribution in [0.2, 0.25) is 0 Å². The molecule has 0 bridgehead atoms. The highest BCUT2D eigenvalue weighted by Gasteiger charge is 2.31. The standard InChI is InChI=1S/C21H29N5O2/c1-4-18(27)26-11-16(6-5-13(26)2)25-21-19-15(7-14-8-17(9-14)28-3)10-22-20(19)23-12-24-21/h4,10,12-14,16-17H,1,5-9,11H2,2-3H3,(H2,22,23,24,25)/t13-,14?,16+,17?/m0/s1. The minimum absolute atomic E-state index is 0.00755. The summed E-state index contributed by atoms with van der Waals surface area (Å²) in [7, 11) is 1.79. The van der Waals surface area contributed by atoms with E-state index in [1.807, 2.05) is 4.90 Å². The van der Waals surface area contributed by atoms with E-state index in [0.717, 1.165) is 49.0 Å². The fourth-order valence-electron chi connectivity index (χ4n) is 4.48. The van der Waals surface area contributed by atoms with Crippen LogP contribution in [0.5, 0.6) is 0 Å². The summed E-state index contributed by atoms with van der Waals surface area (Å²) in [5.74, 6) is 1.49. The predicted octanol–water partition coefficient (Wildman–Crippen LogP) is 2.90. The van der Waals surface area contributed by atoms with Crippen LogP contribution in [0.15, 0.2) is 25.2 Å². The van der Waals surface area contributed by atoms with E-state index in [4.69, 9.17) is 4.74 Å². The number of likely N-dealkylation sites (tertiary alicyclic amines) is 1. The number of hydrogen-bond donors (Lipinski definition) is 2. The van der Waals surface area contributed by atoms with E-state index in [1.165, 1.54) is 11.6 Å². The number of hydrogen-bond acceptors (Lipinski definition) is 5. The maximum absolute atomic E-state index is 12.2. The van der Waals surface area contributed by atoms with Gasteiger partial charge in [0.25, 0.3) is 0 Å². The number of anilines is 1. The van der Waals surface area contributed by atoms with Gasteiger partial charge in [0.2, 0.25) is 5.91 Å². The lowest BCUT2D eigenvalue weighted by Gasteiger charge is -2.38. The third-order valence-corrected chi connectivity index (χ3v) is 6.27. The molecule has 2 fully saturated rings. The predicted molar refractivity (Wildman–Crippen MR) is 109 cm³/mol. The zero-order valence-corrected chi connectivity index (χ0v) is 16.6. The van der Waals surface area contributed by atoms with Crippen LogP contribution in [-0.2, 0) is 16.0 Å². The molecule has 28 heavy (non-hydrogen) atoms. The van der Waals surface area contributed by atoms with Crippen molar-refractivity contribution >= 4 is 22.8 Å². The second kappa shape index (κ2) is 7.91. The number of fused-ring (bicyclic) bond motifs is 1. The topological polar surface area (TPSA) is 83.1 Å². The van der Waals surface area contributed by atoms with E-state index >= 15 is 0 Å². The molecule has 1 saturated carbocycles. The molecule has 7 heteroatoms. The first kappa shape index (κ1) is 18.9. The van der Waals surface area contributed by atoms with Gasteiger partial charge in [0.1, 0.15) is 17.8 Å². The maximum atomic E-state index is 12.2. The van der Waals surface area contributed by atoms with Gasteiger partial charge in [0.15, 0.2) is 0 Å². The van der Waals surface area contributed by atoms with Gasteiger partial charge in [-0.05, 0) is 56.6 Å². The number of aromatic nitrogens is 3. The second-order valence-electron chi connectivity index (χ2n) is 8.12. The number of ether oxygens (including phenoxy) is 1. The molecule has 1 amide bonds. The van der Waals surface area contributed by atoms with Gasteiger partial charge in [-0.15, -0.1) is 0 Å². The summed E-state index contributed by atoms with van der Waals surface area (Å²) in [5.41, 5.74) is 2.11. The maximum Gasteiger partial charge on any atom is 0.246 e. The van der Waals surface area contributed by atoms with Crippen LogP contribution < -0.4 is 5.32 Å². The van der Waals surface area contributed by atoms with Crippen LogP contribution in [0.25, 0.3) is 11.0 Å². The van der Waals surface area contributed by atoms with Gasteiger partial charge in [-0.1, -0.05) is 6.58 Å². The zero-order chi connectivity index (χ0) is 19.7. The number of amides is 1. The highest BCUT2D eigenvalue weighted by molar-refractivity contribution is 5.90. The third-order valence-electron chi connectivity index (χ3n) is 6.27. The zero-order valence-electron chi connectivity index (χ0n) is 16.6. The molecule has 2 aromatic heterocycles. The molecule has 4 rings (SSSR count). The molecule has 1 saturated heterocycles. The van der Waals surface area contributed by atoms with Crippen molar-refractivity contribution in [3.05, 3.63) is 30.7 Å². The molecule has 0 spiro atoms. The molecule has 0 radical (unpaired) electrons. The van der Waals surface area contributed by atoms with Crippen molar-refractivity contribution < 1.29 is 9.53 Å². The number of nitrogens with zero attached hydrogens (tertiary/aromatic N) is 3. The summed E-state index contributed by atoms with van der Waals surface area (Å²) >= 11 is 0. The molecule has 0 aromatic carbocycles. The third kappa shape index (κ3) is 3.63. The first-order chi connectivity index (χ1) is 13.6. The van der Waals surface area contributed by atoms with Gasteiger partial charge < -0.3 is 19.9 Å². The highest BCUT2D eigenvalue weighted by atomic mass is 16.5. The molecule has 1 aliphatic carbocycles. The Balaban J connectivity index is 1.51. The molecule has 7 nitrogen and oxygen atoms in total. The van der Waals surface area contributed by atoms with Gasteiger partial charge in [0.05, 0.1) is 11.5 Å². The number of rotatable bonds is 6. The van der Waals surface area contributed by atoms with Gasteiger partial charge in [-0.2, -0.15) is 0 Å². The van der Waals surface area contributed by atoms with Crippen LogP contribution in [0, 0.1) is 5.92 Å². The van der Waals surface area contributed by atoms with Gasteiger partial charge >= 0.3 is 0 Å². The van der Waals surface area contributed by atoms with Crippen LogP contribution in [0.1, 0.15) is 38.2 Å². The Bertz CT molecular complexity index is 858. The number of methoxy groups -OCH3 is 1. The Labute approximate surface area is 165 Å². The first-order valence-corrected chi connectivity index (χ1v) is 10.1. The monoisotopic (exact) mass is 383 g/mol. The summed E-state index contributed by atoms with van der Waals surface area (Å²) in [4.78, 5) is 26.3. The SMILES string of the molecule is C=CC(=O)N1C[C@H](Nc2ncnc3[nH]cc(CC4CC(OC)C4)c23)CC[C@@H]1C. The molecule has 150 valence electrons. The molecule has 2 aromatic rings. The largest absolute Gasteiger partial charge is 0.381 e. The average Bonchev–Trinajstić information content (AvgIpc) is 3.09. The number of piperidine rings is 1. The van der Waals surface area contributed by atoms with Crippen molar-refractivity contribution in [3.8, 4) is 0 Å². The molecular weight excluding hydrogens is 354 g/mol. The van der Waals surface area contributed by atoms with Crippen molar-refractivity contribution in [2.45, 2.75) is 57.2 Å². The average molecular weight is 383 g/mol. The molecule has 2 N–H and O–H groups in total. The lowest BCUT2D eigenvalue weighted by atomic mass is 9.78. The van der Waals surface area contributed by atoms with Gasteiger partial charge in [-0.3, -0.25) is 4.79 Å². The Morgan fingerprint density at radius 3 is 3.00 bits per heavy atom. The fraction of sp³-hybridized carbons (Fsp3) is 0.571. The fourth-order valence-corrected chi connectivity index (χ4v) is 4.48. The summed E-state index contributed by atoms with van der Waals surface area (Å²) in [6.45, 7) is 6.39. The molecule has 1 aliphatic heterocycles. The second-order valence-corrected chi connectivity index (χ2v) is 8.12. The Hall–Kier alpha value is -2.41. The smallest absolute Gasteiger partial charge is 0.246 e. The summed E-state index contributed by atoms with van der Waals surface area (Å²) in [6.07, 6.45) is 10.6. The van der Waals surface area contributed by atoms with E-state index in [0.29, 0.717) is 18.6 Å². The number of nitrogens with one attached hydrogen (secondary N) is 2. The van der Waals surface area contributed by atoms with E-state index in [-0.39, 0.29) is 18.0 Å². The van der Waals surface area contributed by atoms with Crippen LogP contribution in [-0.4, -0.2) is 57.6 Å². The summed E-state index contributed by atoms with van der Waals surface area (Å²) in [6, 6.07) is 0.409.